The quantitative estimate of drug-likeness (QED) is 0.487. The molecule has 138 valence electrons. The molecule has 0 unspecified atom stereocenters. The summed E-state index contributed by atoms with van der Waals surface area (Å²) >= 11 is 12.8. The number of anilines is 3. The molecule has 0 spiro atoms. The third-order valence-corrected chi connectivity index (χ3v) is 4.65. The van der Waals surface area contributed by atoms with Gasteiger partial charge in [-0.2, -0.15) is 0 Å². The Labute approximate surface area is 164 Å². The van der Waals surface area contributed by atoms with Gasteiger partial charge in [0.1, 0.15) is 11.6 Å². The number of carbonyl (C=O) groups excluding carboxylic acids is 2. The molecule has 0 aliphatic heterocycles. The van der Waals surface area contributed by atoms with E-state index in [0.717, 1.165) is 11.8 Å². The summed E-state index contributed by atoms with van der Waals surface area (Å²) in [7, 11) is 1.52. The van der Waals surface area contributed by atoms with E-state index in [9.17, 15) is 9.59 Å². The summed E-state index contributed by atoms with van der Waals surface area (Å²) in [5.41, 5.74) is 11.6. The minimum atomic E-state index is -0.367. The molecule has 11 heteroatoms. The van der Waals surface area contributed by atoms with Crippen molar-refractivity contribution in [1.29, 1.82) is 0 Å². The van der Waals surface area contributed by atoms with Gasteiger partial charge in [-0.15, -0.1) is 0 Å². The molecule has 1 aromatic heterocycles. The number of nitrogen functional groups attached to an aromatic ring is 2. The molecule has 0 aliphatic carbocycles. The van der Waals surface area contributed by atoms with Crippen molar-refractivity contribution in [2.24, 2.45) is 0 Å². The minimum absolute atomic E-state index is 0.0411. The molecular weight excluding hydrogens is 399 g/mol. The molecule has 1 heterocycles. The first-order chi connectivity index (χ1) is 12.2. The van der Waals surface area contributed by atoms with Crippen molar-refractivity contribution < 1.29 is 9.59 Å². The average Bonchev–Trinajstić information content (AvgIpc) is 2.55. The molecule has 8 nitrogen and oxygen atoms in total. The van der Waals surface area contributed by atoms with Crippen LogP contribution in [-0.2, 0) is 9.59 Å². The van der Waals surface area contributed by atoms with Crippen LogP contribution in [0.1, 0.15) is 0 Å². The summed E-state index contributed by atoms with van der Waals surface area (Å²) in [6, 6.07) is 6.14. The van der Waals surface area contributed by atoms with Gasteiger partial charge in [-0.25, -0.2) is 9.97 Å². The summed E-state index contributed by atoms with van der Waals surface area (Å²) in [6.07, 6.45) is 0. The fourth-order valence-electron chi connectivity index (χ4n) is 1.84. The maximum absolute atomic E-state index is 12.1. The third kappa shape index (κ3) is 5.94. The standard InChI is InChI=1S/C15H16Cl2N6O2S/c1-23(6-13(24)20-8-2-3-9(16)10(17)4-8)14(25)7-26-15-21-11(18)5-12(19)22-15/h2-5H,6-7H2,1H3,(H,20,24)(H4,18,19,21,22). The molecule has 2 rings (SSSR count). The number of carbonyl (C=O) groups is 2. The Morgan fingerprint density at radius 1 is 1.15 bits per heavy atom. The van der Waals surface area contributed by atoms with E-state index in [1.807, 2.05) is 0 Å². The Balaban J connectivity index is 1.85. The number of halogens is 2. The van der Waals surface area contributed by atoms with E-state index in [1.165, 1.54) is 24.1 Å². The van der Waals surface area contributed by atoms with Crippen molar-refractivity contribution in [3.8, 4) is 0 Å². The predicted molar refractivity (Wildman–Crippen MR) is 104 cm³/mol. The van der Waals surface area contributed by atoms with E-state index >= 15 is 0 Å². The van der Waals surface area contributed by atoms with Crippen molar-refractivity contribution in [2.75, 3.05) is 36.1 Å². The Morgan fingerprint density at radius 2 is 1.81 bits per heavy atom. The number of thioether (sulfide) groups is 1. The van der Waals surface area contributed by atoms with Crippen molar-refractivity contribution in [2.45, 2.75) is 5.16 Å². The van der Waals surface area contributed by atoms with Crippen LogP contribution >= 0.6 is 35.0 Å². The van der Waals surface area contributed by atoms with Gasteiger partial charge in [0.2, 0.25) is 11.8 Å². The number of hydrogen-bond donors (Lipinski definition) is 3. The minimum Gasteiger partial charge on any atom is -0.383 e. The topological polar surface area (TPSA) is 127 Å². The Bertz CT molecular complexity index is 816. The zero-order valence-corrected chi connectivity index (χ0v) is 16.0. The fraction of sp³-hybridized carbons (Fsp3) is 0.200. The van der Waals surface area contributed by atoms with Gasteiger partial charge in [-0.1, -0.05) is 35.0 Å². The first-order valence-corrected chi connectivity index (χ1v) is 9.00. The smallest absolute Gasteiger partial charge is 0.243 e. The number of benzene rings is 1. The predicted octanol–water partition coefficient (Wildman–Crippen LogP) is 2.14. The lowest BCUT2D eigenvalue weighted by Crippen LogP contribution is -2.36. The zero-order chi connectivity index (χ0) is 19.3. The number of hydrogen-bond acceptors (Lipinski definition) is 7. The van der Waals surface area contributed by atoms with Crippen LogP contribution in [0.4, 0.5) is 17.3 Å². The molecule has 1 aromatic carbocycles. The van der Waals surface area contributed by atoms with Crippen LogP contribution in [0.15, 0.2) is 29.4 Å². The highest BCUT2D eigenvalue weighted by molar-refractivity contribution is 7.99. The third-order valence-electron chi connectivity index (χ3n) is 3.08. The van der Waals surface area contributed by atoms with Crippen LogP contribution in [-0.4, -0.2) is 46.0 Å². The molecule has 0 aliphatic rings. The molecule has 0 bridgehead atoms. The van der Waals surface area contributed by atoms with Crippen molar-refractivity contribution >= 4 is 64.1 Å². The second kappa shape index (κ2) is 8.93. The zero-order valence-electron chi connectivity index (χ0n) is 13.7. The summed E-state index contributed by atoms with van der Waals surface area (Å²) in [6.45, 7) is -0.125. The van der Waals surface area contributed by atoms with Gasteiger partial charge in [0.25, 0.3) is 0 Å². The first-order valence-electron chi connectivity index (χ1n) is 7.26. The molecule has 2 amide bonds. The number of nitrogens with zero attached hydrogens (tertiary/aromatic N) is 3. The van der Waals surface area contributed by atoms with Crippen LogP contribution in [0.3, 0.4) is 0 Å². The molecule has 0 atom stereocenters. The van der Waals surface area contributed by atoms with E-state index in [1.54, 1.807) is 12.1 Å². The normalized spacial score (nSPS) is 10.4. The van der Waals surface area contributed by atoms with Gasteiger partial charge in [0.15, 0.2) is 5.16 Å². The lowest BCUT2D eigenvalue weighted by Gasteiger charge is -2.16. The second-order valence-electron chi connectivity index (χ2n) is 5.22. The van der Waals surface area contributed by atoms with E-state index in [2.05, 4.69) is 15.3 Å². The van der Waals surface area contributed by atoms with E-state index < -0.39 is 0 Å². The van der Waals surface area contributed by atoms with E-state index in [0.29, 0.717) is 20.9 Å². The van der Waals surface area contributed by atoms with Gasteiger partial charge in [0, 0.05) is 18.8 Å². The number of aromatic nitrogens is 2. The second-order valence-corrected chi connectivity index (χ2v) is 6.97. The molecular formula is C15H16Cl2N6O2S. The van der Waals surface area contributed by atoms with Crippen LogP contribution in [0.25, 0.3) is 0 Å². The summed E-state index contributed by atoms with van der Waals surface area (Å²) in [4.78, 5) is 33.4. The summed E-state index contributed by atoms with van der Waals surface area (Å²) in [5.74, 6) is -0.152. The van der Waals surface area contributed by atoms with Crippen LogP contribution < -0.4 is 16.8 Å². The molecule has 0 saturated carbocycles. The van der Waals surface area contributed by atoms with Crippen molar-refractivity contribution in [3.05, 3.63) is 34.3 Å². The molecule has 0 saturated heterocycles. The lowest BCUT2D eigenvalue weighted by molar-refractivity contribution is -0.131. The highest BCUT2D eigenvalue weighted by Crippen LogP contribution is 2.25. The highest BCUT2D eigenvalue weighted by atomic mass is 35.5. The van der Waals surface area contributed by atoms with Gasteiger partial charge >= 0.3 is 0 Å². The van der Waals surface area contributed by atoms with Gasteiger partial charge in [0.05, 0.1) is 22.3 Å². The maximum atomic E-state index is 12.1. The molecule has 5 N–H and O–H groups in total. The lowest BCUT2D eigenvalue weighted by atomic mass is 10.3. The average molecular weight is 415 g/mol. The molecule has 0 fully saturated rings. The summed E-state index contributed by atoms with van der Waals surface area (Å²) < 4.78 is 0. The number of likely N-dealkylation sites (N-methyl/N-ethyl adjacent to an activating group) is 1. The van der Waals surface area contributed by atoms with Gasteiger partial charge in [-0.3, -0.25) is 9.59 Å². The largest absolute Gasteiger partial charge is 0.383 e. The van der Waals surface area contributed by atoms with Gasteiger partial charge in [-0.05, 0) is 18.2 Å². The fourth-order valence-corrected chi connectivity index (χ4v) is 2.95. The van der Waals surface area contributed by atoms with Crippen molar-refractivity contribution in [1.82, 2.24) is 14.9 Å². The molecule has 2 aromatic rings. The summed E-state index contributed by atoms with van der Waals surface area (Å²) in [5, 5.41) is 3.65. The molecule has 26 heavy (non-hydrogen) atoms. The number of nitrogens with one attached hydrogen (secondary N) is 1. The molecule has 0 radical (unpaired) electrons. The van der Waals surface area contributed by atoms with E-state index in [-0.39, 0.29) is 35.7 Å². The van der Waals surface area contributed by atoms with Crippen LogP contribution in [0, 0.1) is 0 Å². The van der Waals surface area contributed by atoms with Gasteiger partial charge < -0.3 is 21.7 Å². The monoisotopic (exact) mass is 414 g/mol. The maximum Gasteiger partial charge on any atom is 0.243 e. The number of amides is 2. The Morgan fingerprint density at radius 3 is 2.42 bits per heavy atom. The SMILES string of the molecule is CN(CC(=O)Nc1ccc(Cl)c(Cl)c1)C(=O)CSc1nc(N)cc(N)n1. The first kappa shape index (κ1) is 20.1. The Kier molecular flexibility index (Phi) is 6.90. The Hall–Kier alpha value is -2.23. The van der Waals surface area contributed by atoms with Crippen molar-refractivity contribution in [3.63, 3.8) is 0 Å². The number of nitrogens with two attached hydrogens (primary N) is 2. The highest BCUT2D eigenvalue weighted by Gasteiger charge is 2.15. The van der Waals surface area contributed by atoms with E-state index in [4.69, 9.17) is 34.7 Å². The van der Waals surface area contributed by atoms with Crippen LogP contribution in [0.5, 0.6) is 0 Å². The van der Waals surface area contributed by atoms with Crippen LogP contribution in [0.2, 0.25) is 10.0 Å². The number of rotatable bonds is 6.